The van der Waals surface area contributed by atoms with Gasteiger partial charge in [0.15, 0.2) is 17.7 Å². The zero-order chi connectivity index (χ0) is 22.0. The molecule has 11 nitrogen and oxygen atoms in total. The van der Waals surface area contributed by atoms with Crippen molar-refractivity contribution in [1.29, 1.82) is 0 Å². The number of rotatable bonds is 7. The van der Waals surface area contributed by atoms with E-state index in [0.717, 1.165) is 18.4 Å². The van der Waals surface area contributed by atoms with E-state index >= 15 is 0 Å². The fraction of sp³-hybridized carbons (Fsp3) is 0.400. The average molecular weight is 427 g/mol. The number of hydrogen-bond donors (Lipinski definition) is 5. The van der Waals surface area contributed by atoms with Crippen molar-refractivity contribution in [1.82, 2.24) is 19.5 Å². The molecule has 4 rings (SSSR count). The Morgan fingerprint density at radius 2 is 2.13 bits per heavy atom. The van der Waals surface area contributed by atoms with Crippen molar-refractivity contribution >= 4 is 29.1 Å². The van der Waals surface area contributed by atoms with Gasteiger partial charge in [0.05, 0.1) is 19.1 Å². The van der Waals surface area contributed by atoms with Crippen LogP contribution in [0.1, 0.15) is 30.7 Å². The molecule has 0 bridgehead atoms. The number of aliphatic hydroxyl groups excluding tert-OH is 3. The van der Waals surface area contributed by atoms with E-state index in [1.807, 2.05) is 12.1 Å². The quantitative estimate of drug-likeness (QED) is 0.265. The summed E-state index contributed by atoms with van der Waals surface area (Å²) in [5.41, 5.74) is 11.5. The Labute approximate surface area is 178 Å². The van der Waals surface area contributed by atoms with Gasteiger partial charge in [0.1, 0.15) is 23.8 Å². The first-order valence-electron chi connectivity index (χ1n) is 10.0. The van der Waals surface area contributed by atoms with Crippen LogP contribution in [0.2, 0.25) is 0 Å². The molecule has 1 aliphatic heterocycles. The molecule has 4 atom stereocenters. The minimum Gasteiger partial charge on any atom is -0.394 e. The predicted octanol–water partition coefficient (Wildman–Crippen LogP) is 0.418. The first-order chi connectivity index (χ1) is 15.0. The number of nitrogens with two attached hydrogens (primary N) is 1. The van der Waals surface area contributed by atoms with Crippen molar-refractivity contribution < 1.29 is 20.1 Å². The van der Waals surface area contributed by atoms with Gasteiger partial charge in [0, 0.05) is 0 Å². The molecule has 1 fully saturated rings. The Hall–Kier alpha value is -3.12. The summed E-state index contributed by atoms with van der Waals surface area (Å²) in [5, 5.41) is 33.8. The van der Waals surface area contributed by atoms with Crippen molar-refractivity contribution in [3.05, 3.63) is 41.7 Å². The van der Waals surface area contributed by atoms with Crippen molar-refractivity contribution in [2.45, 2.75) is 44.3 Å². The van der Waals surface area contributed by atoms with Gasteiger partial charge in [0.25, 0.3) is 0 Å². The molecule has 0 spiro atoms. The Balaban J connectivity index is 1.57. The summed E-state index contributed by atoms with van der Waals surface area (Å²) in [7, 11) is 0. The largest absolute Gasteiger partial charge is 0.394 e. The molecule has 2 aromatic heterocycles. The molecular formula is C20H25N7O4. The highest BCUT2D eigenvalue weighted by atomic mass is 16.6. The number of anilines is 2. The number of hydrazone groups is 1. The minimum atomic E-state index is -1.27. The van der Waals surface area contributed by atoms with E-state index in [0.29, 0.717) is 11.2 Å². The maximum absolute atomic E-state index is 10.3. The molecule has 164 valence electrons. The number of nitrogens with one attached hydrogen (secondary N) is 1. The summed E-state index contributed by atoms with van der Waals surface area (Å²) >= 11 is 0. The molecule has 1 aromatic carbocycles. The van der Waals surface area contributed by atoms with Crippen LogP contribution in [0.15, 0.2) is 35.7 Å². The monoisotopic (exact) mass is 427 g/mol. The molecule has 3 aromatic rings. The lowest BCUT2D eigenvalue weighted by Crippen LogP contribution is -2.33. The highest BCUT2D eigenvalue weighted by Crippen LogP contribution is 2.32. The number of benzene rings is 1. The van der Waals surface area contributed by atoms with Crippen LogP contribution in [-0.4, -0.2) is 66.0 Å². The number of ether oxygens (including phenoxy) is 1. The van der Waals surface area contributed by atoms with Gasteiger partial charge in [-0.05, 0) is 17.5 Å². The van der Waals surface area contributed by atoms with E-state index in [4.69, 9.17) is 10.5 Å². The second-order valence-corrected chi connectivity index (χ2v) is 7.35. The molecule has 0 aliphatic carbocycles. The summed E-state index contributed by atoms with van der Waals surface area (Å²) in [6, 6.07) is 8.06. The number of nitrogen functional groups attached to an aromatic ring is 1. The number of imidazole rings is 1. The fourth-order valence-electron chi connectivity index (χ4n) is 3.57. The van der Waals surface area contributed by atoms with Gasteiger partial charge in [-0.25, -0.2) is 10.4 Å². The Morgan fingerprint density at radius 3 is 2.87 bits per heavy atom. The maximum atomic E-state index is 10.3. The van der Waals surface area contributed by atoms with Crippen molar-refractivity contribution in [3.63, 3.8) is 0 Å². The minimum absolute atomic E-state index is 0.123. The SMILES string of the molecule is CCCc1cccc(C=NNc2nc(N)c3ncn([C@@H]4O[C@H](CO)C(O)C4O)c3n2)c1. The second-order valence-electron chi connectivity index (χ2n) is 7.35. The summed E-state index contributed by atoms with van der Waals surface area (Å²) in [6.45, 7) is 1.70. The first-order valence-corrected chi connectivity index (χ1v) is 10.0. The summed E-state index contributed by atoms with van der Waals surface area (Å²) in [5.74, 6) is 0.262. The highest BCUT2D eigenvalue weighted by molar-refractivity contribution is 5.83. The van der Waals surface area contributed by atoms with E-state index in [9.17, 15) is 15.3 Å². The third kappa shape index (κ3) is 4.21. The Morgan fingerprint density at radius 1 is 1.29 bits per heavy atom. The number of nitrogens with zero attached hydrogens (tertiary/aromatic N) is 5. The third-order valence-electron chi connectivity index (χ3n) is 5.11. The molecule has 31 heavy (non-hydrogen) atoms. The smallest absolute Gasteiger partial charge is 0.247 e. The van der Waals surface area contributed by atoms with Crippen LogP contribution in [0.3, 0.4) is 0 Å². The van der Waals surface area contributed by atoms with Gasteiger partial charge in [0.2, 0.25) is 5.95 Å². The van der Waals surface area contributed by atoms with Gasteiger partial charge in [-0.3, -0.25) is 4.57 Å². The molecular weight excluding hydrogens is 402 g/mol. The van der Waals surface area contributed by atoms with Gasteiger partial charge in [-0.15, -0.1) is 0 Å². The first kappa shape index (κ1) is 21.1. The van der Waals surface area contributed by atoms with Crippen LogP contribution >= 0.6 is 0 Å². The van der Waals surface area contributed by atoms with Crippen LogP contribution in [0.5, 0.6) is 0 Å². The lowest BCUT2D eigenvalue weighted by atomic mass is 10.1. The zero-order valence-electron chi connectivity index (χ0n) is 17.0. The van der Waals surface area contributed by atoms with Crippen molar-refractivity contribution in [3.8, 4) is 0 Å². The van der Waals surface area contributed by atoms with E-state index in [1.165, 1.54) is 16.5 Å². The third-order valence-corrected chi connectivity index (χ3v) is 5.11. The lowest BCUT2D eigenvalue weighted by Gasteiger charge is -2.16. The molecule has 2 unspecified atom stereocenters. The topological polar surface area (TPSA) is 164 Å². The molecule has 1 aliphatic rings. The zero-order valence-corrected chi connectivity index (χ0v) is 17.0. The molecule has 1 saturated heterocycles. The van der Waals surface area contributed by atoms with Crippen LogP contribution in [-0.2, 0) is 11.2 Å². The number of hydrogen-bond acceptors (Lipinski definition) is 10. The Bertz CT molecular complexity index is 1090. The number of aromatic nitrogens is 4. The molecule has 11 heteroatoms. The van der Waals surface area contributed by atoms with Crippen LogP contribution < -0.4 is 11.2 Å². The molecule has 0 radical (unpaired) electrons. The normalized spacial score (nSPS) is 23.7. The maximum Gasteiger partial charge on any atom is 0.247 e. The molecule has 6 N–H and O–H groups in total. The second kappa shape index (κ2) is 8.94. The molecule has 3 heterocycles. The standard InChI is InChI=1S/C20H25N7O4/c1-2-4-11-5-3-6-12(7-11)8-23-26-20-24-17(21)14-18(25-20)27(10-22-14)19-16(30)15(29)13(9-28)31-19/h3,5-8,10,13,15-16,19,28-30H,2,4,9H2,1H3,(H3,21,24,25,26)/t13-,15?,16?,19-/m1/s1. The van der Waals surface area contributed by atoms with Gasteiger partial charge in [-0.1, -0.05) is 37.6 Å². The summed E-state index contributed by atoms with van der Waals surface area (Å²) in [4.78, 5) is 12.7. The van der Waals surface area contributed by atoms with Crippen molar-refractivity contribution in [2.24, 2.45) is 5.10 Å². The summed E-state index contributed by atoms with van der Waals surface area (Å²) in [6.07, 6.45) is 0.708. The average Bonchev–Trinajstić information content (AvgIpc) is 3.30. The molecule has 0 saturated carbocycles. The van der Waals surface area contributed by atoms with Crippen LogP contribution in [0.4, 0.5) is 11.8 Å². The van der Waals surface area contributed by atoms with E-state index in [-0.39, 0.29) is 11.8 Å². The lowest BCUT2D eigenvalue weighted by molar-refractivity contribution is -0.0511. The van der Waals surface area contributed by atoms with E-state index in [1.54, 1.807) is 6.21 Å². The van der Waals surface area contributed by atoms with Gasteiger partial charge >= 0.3 is 0 Å². The predicted molar refractivity (Wildman–Crippen MR) is 114 cm³/mol. The van der Waals surface area contributed by atoms with Gasteiger partial charge in [-0.2, -0.15) is 15.1 Å². The Kier molecular flexibility index (Phi) is 6.09. The van der Waals surface area contributed by atoms with E-state index < -0.39 is 31.1 Å². The number of fused-ring (bicyclic) bond motifs is 1. The van der Waals surface area contributed by atoms with E-state index in [2.05, 4.69) is 44.5 Å². The van der Waals surface area contributed by atoms with Gasteiger partial charge < -0.3 is 25.8 Å². The fourth-order valence-corrected chi connectivity index (χ4v) is 3.57. The van der Waals surface area contributed by atoms with Crippen molar-refractivity contribution in [2.75, 3.05) is 17.8 Å². The van der Waals surface area contributed by atoms with Crippen LogP contribution in [0, 0.1) is 0 Å². The number of aliphatic hydroxyl groups is 3. The highest BCUT2D eigenvalue weighted by Gasteiger charge is 2.44. The van der Waals surface area contributed by atoms with Crippen LogP contribution in [0.25, 0.3) is 11.2 Å². The molecule has 0 amide bonds. The number of aryl methyl sites for hydroxylation is 1. The summed E-state index contributed by atoms with van der Waals surface area (Å²) < 4.78 is 7.00.